The molecule has 148 valence electrons. The van der Waals surface area contributed by atoms with E-state index in [4.69, 9.17) is 5.73 Å². The number of rotatable bonds is 7. The monoisotopic (exact) mass is 403 g/mol. The van der Waals surface area contributed by atoms with Gasteiger partial charge in [-0.15, -0.1) is 12.4 Å². The van der Waals surface area contributed by atoms with Crippen molar-refractivity contribution in [2.24, 2.45) is 5.73 Å². The van der Waals surface area contributed by atoms with Crippen LogP contribution in [-0.2, 0) is 10.0 Å². The van der Waals surface area contributed by atoms with Gasteiger partial charge in [0.25, 0.3) is 5.91 Å². The molecule has 1 heterocycles. The van der Waals surface area contributed by atoms with Crippen LogP contribution in [0.2, 0.25) is 0 Å². The molecule has 26 heavy (non-hydrogen) atoms. The summed E-state index contributed by atoms with van der Waals surface area (Å²) < 4.78 is 27.9. The number of benzene rings is 1. The number of hydrogen-bond acceptors (Lipinski definition) is 4. The molecular formula is C18H30ClN3O3S. The molecule has 0 spiro atoms. The fourth-order valence-corrected chi connectivity index (χ4v) is 5.11. The van der Waals surface area contributed by atoms with E-state index in [0.29, 0.717) is 19.6 Å². The van der Waals surface area contributed by atoms with Gasteiger partial charge in [0.05, 0.1) is 10.5 Å². The fourth-order valence-electron chi connectivity index (χ4n) is 3.22. The van der Waals surface area contributed by atoms with Crippen molar-refractivity contribution in [1.82, 2.24) is 9.21 Å². The lowest BCUT2D eigenvalue weighted by molar-refractivity contribution is 0.0789. The molecule has 0 bridgehead atoms. The fraction of sp³-hybridized carbons (Fsp3) is 0.611. The summed E-state index contributed by atoms with van der Waals surface area (Å²) >= 11 is 0. The number of halogens is 1. The van der Waals surface area contributed by atoms with Crippen LogP contribution in [0.25, 0.3) is 0 Å². The predicted molar refractivity (Wildman–Crippen MR) is 106 cm³/mol. The van der Waals surface area contributed by atoms with Gasteiger partial charge in [0.15, 0.2) is 0 Å². The summed E-state index contributed by atoms with van der Waals surface area (Å²) in [6.45, 7) is 3.42. The summed E-state index contributed by atoms with van der Waals surface area (Å²) in [5, 5.41) is 0. The first-order valence-electron chi connectivity index (χ1n) is 8.99. The molecule has 6 nitrogen and oxygen atoms in total. The van der Waals surface area contributed by atoms with Crippen LogP contribution in [0.1, 0.15) is 49.4 Å². The zero-order valence-corrected chi connectivity index (χ0v) is 17.2. The quantitative estimate of drug-likeness (QED) is 0.757. The molecular weight excluding hydrogens is 374 g/mol. The van der Waals surface area contributed by atoms with Crippen molar-refractivity contribution < 1.29 is 13.2 Å². The molecule has 1 unspecified atom stereocenters. The molecule has 0 aliphatic carbocycles. The van der Waals surface area contributed by atoms with Gasteiger partial charge in [-0.3, -0.25) is 4.79 Å². The zero-order valence-electron chi connectivity index (χ0n) is 15.6. The van der Waals surface area contributed by atoms with Crippen LogP contribution in [0.3, 0.4) is 0 Å². The number of nitrogens with two attached hydrogens (primary N) is 1. The van der Waals surface area contributed by atoms with Crippen molar-refractivity contribution in [3.63, 3.8) is 0 Å². The summed E-state index contributed by atoms with van der Waals surface area (Å²) in [6, 6.07) is 6.30. The van der Waals surface area contributed by atoms with Crippen LogP contribution in [0, 0.1) is 0 Å². The molecule has 1 amide bonds. The lowest BCUT2D eigenvalue weighted by Crippen LogP contribution is -2.47. The minimum absolute atomic E-state index is 0. The van der Waals surface area contributed by atoms with E-state index < -0.39 is 10.0 Å². The van der Waals surface area contributed by atoms with Gasteiger partial charge in [-0.1, -0.05) is 31.9 Å². The maximum Gasteiger partial charge on any atom is 0.254 e. The van der Waals surface area contributed by atoms with Crippen molar-refractivity contribution >= 4 is 28.3 Å². The highest BCUT2D eigenvalue weighted by molar-refractivity contribution is 7.89. The summed E-state index contributed by atoms with van der Waals surface area (Å²) in [5.41, 5.74) is 6.03. The first-order valence-corrected chi connectivity index (χ1v) is 10.4. The molecule has 1 fully saturated rings. The smallest absolute Gasteiger partial charge is 0.254 e. The van der Waals surface area contributed by atoms with E-state index in [9.17, 15) is 13.2 Å². The van der Waals surface area contributed by atoms with Crippen molar-refractivity contribution in [3.05, 3.63) is 29.8 Å². The highest BCUT2D eigenvalue weighted by atomic mass is 35.5. The molecule has 1 aromatic rings. The molecule has 1 aliphatic heterocycles. The molecule has 0 aromatic heterocycles. The van der Waals surface area contributed by atoms with Gasteiger partial charge >= 0.3 is 0 Å². The molecule has 0 saturated carbocycles. The van der Waals surface area contributed by atoms with Crippen LogP contribution < -0.4 is 5.73 Å². The van der Waals surface area contributed by atoms with Crippen molar-refractivity contribution in [2.75, 3.05) is 26.7 Å². The van der Waals surface area contributed by atoms with Gasteiger partial charge in [0.2, 0.25) is 10.0 Å². The minimum Gasteiger partial charge on any atom is -0.342 e. The Morgan fingerprint density at radius 1 is 1.31 bits per heavy atom. The summed E-state index contributed by atoms with van der Waals surface area (Å²) in [7, 11) is -2.03. The maximum atomic E-state index is 13.2. The molecule has 2 N–H and O–H groups in total. The molecule has 1 saturated heterocycles. The Kier molecular flexibility index (Phi) is 9.03. The second kappa shape index (κ2) is 10.3. The summed E-state index contributed by atoms with van der Waals surface area (Å²) in [4.78, 5) is 14.4. The minimum atomic E-state index is -3.75. The maximum absolute atomic E-state index is 13.2. The van der Waals surface area contributed by atoms with Crippen molar-refractivity contribution in [2.45, 2.75) is 50.0 Å². The topological polar surface area (TPSA) is 83.7 Å². The van der Waals surface area contributed by atoms with Gasteiger partial charge in [-0.25, -0.2) is 8.42 Å². The second-order valence-corrected chi connectivity index (χ2v) is 8.44. The number of piperidine rings is 1. The SMILES string of the molecule is CCCCN(C)C(=O)c1ccccc1S(=O)(=O)N1CCCCC1CN.Cl. The van der Waals surface area contributed by atoms with Crippen LogP contribution in [0.5, 0.6) is 0 Å². The third kappa shape index (κ3) is 4.97. The number of carbonyl (C=O) groups excluding carboxylic acids is 1. The molecule has 1 aromatic carbocycles. The molecule has 2 rings (SSSR count). The number of carbonyl (C=O) groups is 1. The number of hydrogen-bond donors (Lipinski definition) is 1. The van der Waals surface area contributed by atoms with Crippen LogP contribution >= 0.6 is 12.4 Å². The van der Waals surface area contributed by atoms with Gasteiger partial charge in [0.1, 0.15) is 0 Å². The Morgan fingerprint density at radius 3 is 2.65 bits per heavy atom. The number of unbranched alkanes of at least 4 members (excludes halogenated alkanes) is 1. The van der Waals surface area contributed by atoms with Crippen LogP contribution in [-0.4, -0.2) is 56.3 Å². The Balaban J connectivity index is 0.00000338. The Bertz CT molecular complexity index is 697. The Hall–Kier alpha value is -1.15. The average molecular weight is 404 g/mol. The van der Waals surface area contributed by atoms with Gasteiger partial charge in [0, 0.05) is 32.7 Å². The molecule has 1 atom stereocenters. The highest BCUT2D eigenvalue weighted by Gasteiger charge is 2.35. The van der Waals surface area contributed by atoms with Crippen molar-refractivity contribution in [3.8, 4) is 0 Å². The summed E-state index contributed by atoms with van der Waals surface area (Å²) in [6.07, 6.45) is 4.43. The lowest BCUT2D eigenvalue weighted by Gasteiger charge is -2.34. The Labute approximate surface area is 163 Å². The lowest BCUT2D eigenvalue weighted by atomic mass is 10.1. The largest absolute Gasteiger partial charge is 0.342 e. The van der Waals surface area contributed by atoms with E-state index in [-0.39, 0.29) is 34.8 Å². The van der Waals surface area contributed by atoms with E-state index in [1.807, 2.05) is 0 Å². The molecule has 0 radical (unpaired) electrons. The normalized spacial score (nSPS) is 18.2. The highest BCUT2D eigenvalue weighted by Crippen LogP contribution is 2.27. The van der Waals surface area contributed by atoms with E-state index >= 15 is 0 Å². The average Bonchev–Trinajstić information content (AvgIpc) is 2.65. The standard InChI is InChI=1S/C18H29N3O3S.ClH/c1-3-4-12-20(2)18(22)16-10-5-6-11-17(16)25(23,24)21-13-8-7-9-15(21)14-19;/h5-6,10-11,15H,3-4,7-9,12-14,19H2,1-2H3;1H. The van der Waals surface area contributed by atoms with Gasteiger partial charge in [-0.05, 0) is 31.4 Å². The van der Waals surface area contributed by atoms with Crippen molar-refractivity contribution in [1.29, 1.82) is 0 Å². The third-order valence-corrected chi connectivity index (χ3v) is 6.75. The first-order chi connectivity index (χ1) is 11.9. The second-order valence-electron chi connectivity index (χ2n) is 6.58. The Morgan fingerprint density at radius 2 is 2.00 bits per heavy atom. The van der Waals surface area contributed by atoms with Crippen LogP contribution in [0.4, 0.5) is 0 Å². The molecule has 8 heteroatoms. The van der Waals surface area contributed by atoms with Gasteiger partial charge < -0.3 is 10.6 Å². The van der Waals surface area contributed by atoms with E-state index in [2.05, 4.69) is 6.92 Å². The van der Waals surface area contributed by atoms with Crippen LogP contribution in [0.15, 0.2) is 29.2 Å². The predicted octanol–water partition coefficient (Wildman–Crippen LogP) is 2.48. The number of sulfonamides is 1. The van der Waals surface area contributed by atoms with E-state index in [1.54, 1.807) is 30.1 Å². The van der Waals surface area contributed by atoms with E-state index in [1.165, 1.54) is 10.4 Å². The number of amides is 1. The van der Waals surface area contributed by atoms with Gasteiger partial charge in [-0.2, -0.15) is 4.31 Å². The first kappa shape index (κ1) is 22.9. The zero-order chi connectivity index (χ0) is 18.4. The number of nitrogens with zero attached hydrogens (tertiary/aromatic N) is 2. The van der Waals surface area contributed by atoms with E-state index in [0.717, 1.165) is 32.1 Å². The third-order valence-electron chi connectivity index (χ3n) is 4.74. The summed E-state index contributed by atoms with van der Waals surface area (Å²) in [5.74, 6) is -0.256. The molecule has 1 aliphatic rings.